The molecular formula is C13H16N2OS. The smallest absolute Gasteiger partial charge is 0.113 e. The van der Waals surface area contributed by atoms with Gasteiger partial charge in [0, 0.05) is 23.7 Å². The van der Waals surface area contributed by atoms with Gasteiger partial charge in [-0.1, -0.05) is 6.07 Å². The highest BCUT2D eigenvalue weighted by atomic mass is 32.2. The number of hydrogen-bond donors (Lipinski definition) is 1. The number of rotatable bonds is 5. The first-order valence-corrected chi connectivity index (χ1v) is 6.61. The summed E-state index contributed by atoms with van der Waals surface area (Å²) in [5.74, 6) is 1.80. The third-order valence-electron chi connectivity index (χ3n) is 2.48. The van der Waals surface area contributed by atoms with Gasteiger partial charge in [-0.05, 0) is 30.7 Å². The number of thioether (sulfide) groups is 1. The Kier molecular flexibility index (Phi) is 4.23. The second-order valence-electron chi connectivity index (χ2n) is 3.96. The summed E-state index contributed by atoms with van der Waals surface area (Å²) in [6, 6.07) is 7.98. The molecule has 2 atom stereocenters. The third-order valence-corrected chi connectivity index (χ3v) is 3.99. The number of pyridine rings is 1. The van der Waals surface area contributed by atoms with Gasteiger partial charge in [0.1, 0.15) is 5.76 Å². The molecule has 0 fully saturated rings. The lowest BCUT2D eigenvalue weighted by Gasteiger charge is -2.19. The molecule has 4 heteroatoms. The number of nitrogens with zero attached hydrogens (tertiary/aromatic N) is 1. The van der Waals surface area contributed by atoms with Crippen molar-refractivity contribution in [1.29, 1.82) is 0 Å². The molecule has 0 aliphatic heterocycles. The molecule has 2 N–H and O–H groups in total. The normalized spacial score (nSPS) is 14.5. The molecule has 0 saturated carbocycles. The number of hydrogen-bond acceptors (Lipinski definition) is 4. The van der Waals surface area contributed by atoms with E-state index >= 15 is 0 Å². The summed E-state index contributed by atoms with van der Waals surface area (Å²) in [5, 5.41) is 0.244. The molecule has 0 saturated heterocycles. The lowest BCUT2D eigenvalue weighted by atomic mass is 10.1. The zero-order valence-electron chi connectivity index (χ0n) is 9.74. The van der Waals surface area contributed by atoms with Crippen molar-refractivity contribution in [2.24, 2.45) is 5.73 Å². The topological polar surface area (TPSA) is 52.0 Å². The van der Waals surface area contributed by atoms with E-state index in [0.717, 1.165) is 11.5 Å². The minimum absolute atomic E-state index is 0.0826. The van der Waals surface area contributed by atoms with Crippen molar-refractivity contribution in [3.05, 3.63) is 54.2 Å². The molecule has 3 nitrogen and oxygen atoms in total. The van der Waals surface area contributed by atoms with Crippen LogP contribution in [0.2, 0.25) is 0 Å². The minimum Gasteiger partial charge on any atom is -0.468 e. The fourth-order valence-corrected chi connectivity index (χ4v) is 2.81. The molecule has 0 radical (unpaired) electrons. The van der Waals surface area contributed by atoms with E-state index in [1.54, 1.807) is 24.2 Å². The van der Waals surface area contributed by atoms with E-state index in [2.05, 4.69) is 11.1 Å². The van der Waals surface area contributed by atoms with E-state index in [4.69, 9.17) is 10.2 Å². The fourth-order valence-electron chi connectivity index (χ4n) is 1.66. The summed E-state index contributed by atoms with van der Waals surface area (Å²) in [7, 11) is 0. The van der Waals surface area contributed by atoms with Gasteiger partial charge in [-0.2, -0.15) is 0 Å². The molecular weight excluding hydrogens is 232 g/mol. The van der Waals surface area contributed by atoms with Crippen molar-refractivity contribution in [2.45, 2.75) is 24.0 Å². The maximum atomic E-state index is 6.03. The first-order valence-electron chi connectivity index (χ1n) is 5.57. The predicted molar refractivity (Wildman–Crippen MR) is 70.6 cm³/mol. The molecule has 0 aliphatic rings. The highest BCUT2D eigenvalue weighted by Gasteiger charge is 2.17. The van der Waals surface area contributed by atoms with Crippen LogP contribution in [0.4, 0.5) is 0 Å². The van der Waals surface area contributed by atoms with Crippen LogP contribution in [0, 0.1) is 0 Å². The van der Waals surface area contributed by atoms with Crippen molar-refractivity contribution in [3.8, 4) is 0 Å². The van der Waals surface area contributed by atoms with E-state index in [9.17, 15) is 0 Å². The molecule has 0 aromatic carbocycles. The second kappa shape index (κ2) is 5.89. The van der Waals surface area contributed by atoms with Crippen LogP contribution in [0.25, 0.3) is 0 Å². The summed E-state index contributed by atoms with van der Waals surface area (Å²) < 4.78 is 5.32. The van der Waals surface area contributed by atoms with E-state index in [0.29, 0.717) is 0 Å². The fraction of sp³-hybridized carbons (Fsp3) is 0.308. The van der Waals surface area contributed by atoms with Gasteiger partial charge in [0.25, 0.3) is 0 Å². The monoisotopic (exact) mass is 248 g/mol. The van der Waals surface area contributed by atoms with Crippen molar-refractivity contribution < 1.29 is 4.42 Å². The first kappa shape index (κ1) is 12.2. The van der Waals surface area contributed by atoms with Gasteiger partial charge in [-0.15, -0.1) is 11.8 Å². The zero-order valence-corrected chi connectivity index (χ0v) is 10.6. The third kappa shape index (κ3) is 3.35. The van der Waals surface area contributed by atoms with Crippen molar-refractivity contribution in [1.82, 2.24) is 4.98 Å². The number of aromatic nitrogens is 1. The van der Waals surface area contributed by atoms with E-state index in [1.807, 2.05) is 31.3 Å². The van der Waals surface area contributed by atoms with Crippen LogP contribution in [0.3, 0.4) is 0 Å². The van der Waals surface area contributed by atoms with Crippen LogP contribution in [0.1, 0.15) is 23.5 Å². The Balaban J connectivity index is 2.03. The molecule has 2 aromatic heterocycles. The van der Waals surface area contributed by atoms with Crippen LogP contribution in [-0.2, 0) is 5.75 Å². The van der Waals surface area contributed by atoms with Gasteiger partial charge in [0.15, 0.2) is 0 Å². The summed E-state index contributed by atoms with van der Waals surface area (Å²) in [4.78, 5) is 4.14. The van der Waals surface area contributed by atoms with Crippen LogP contribution < -0.4 is 5.73 Å². The Morgan fingerprint density at radius 1 is 1.41 bits per heavy atom. The maximum absolute atomic E-state index is 6.03. The summed E-state index contributed by atoms with van der Waals surface area (Å²) in [6.07, 6.45) is 5.35. The molecule has 0 amide bonds. The quantitative estimate of drug-likeness (QED) is 0.883. The highest BCUT2D eigenvalue weighted by Crippen LogP contribution is 2.33. The first-order chi connectivity index (χ1) is 8.27. The van der Waals surface area contributed by atoms with Gasteiger partial charge < -0.3 is 10.2 Å². The highest BCUT2D eigenvalue weighted by molar-refractivity contribution is 7.98. The average molecular weight is 248 g/mol. The molecule has 0 bridgehead atoms. The van der Waals surface area contributed by atoms with E-state index in [1.165, 1.54) is 5.56 Å². The molecule has 2 heterocycles. The van der Waals surface area contributed by atoms with Crippen LogP contribution >= 0.6 is 11.8 Å². The number of furan rings is 1. The van der Waals surface area contributed by atoms with Crippen molar-refractivity contribution >= 4 is 11.8 Å². The van der Waals surface area contributed by atoms with Gasteiger partial charge in [-0.25, -0.2) is 0 Å². The largest absolute Gasteiger partial charge is 0.468 e. The molecule has 90 valence electrons. The Labute approximate surface area is 105 Å². The average Bonchev–Trinajstić information content (AvgIpc) is 2.83. The molecule has 0 aliphatic carbocycles. The lowest BCUT2D eigenvalue weighted by Crippen LogP contribution is -2.22. The molecule has 2 rings (SSSR count). The maximum Gasteiger partial charge on any atom is 0.113 e. The summed E-state index contributed by atoms with van der Waals surface area (Å²) in [6.45, 7) is 2.02. The molecule has 17 heavy (non-hydrogen) atoms. The predicted octanol–water partition coefficient (Wildman–Crippen LogP) is 3.00. The van der Waals surface area contributed by atoms with Crippen LogP contribution in [0.15, 0.2) is 47.3 Å². The molecule has 2 aromatic rings. The number of nitrogens with two attached hydrogens (primary N) is 1. The van der Waals surface area contributed by atoms with Gasteiger partial charge in [-0.3, -0.25) is 4.98 Å². The van der Waals surface area contributed by atoms with Crippen molar-refractivity contribution in [2.75, 3.05) is 0 Å². The standard InChI is InChI=1S/C13H16N2OS/c1-10(14)13(11-4-2-6-15-8-11)17-9-12-5-3-7-16-12/h2-8,10,13H,9,14H2,1H3. The summed E-state index contributed by atoms with van der Waals surface area (Å²) >= 11 is 1.78. The van der Waals surface area contributed by atoms with Crippen LogP contribution in [-0.4, -0.2) is 11.0 Å². The SMILES string of the molecule is CC(N)C(SCc1ccco1)c1cccnc1. The van der Waals surface area contributed by atoms with E-state index < -0.39 is 0 Å². The summed E-state index contributed by atoms with van der Waals surface area (Å²) in [5.41, 5.74) is 7.19. The second-order valence-corrected chi connectivity index (χ2v) is 5.09. The Hall–Kier alpha value is -1.26. The Morgan fingerprint density at radius 3 is 2.88 bits per heavy atom. The van der Waals surface area contributed by atoms with Crippen molar-refractivity contribution in [3.63, 3.8) is 0 Å². The van der Waals surface area contributed by atoms with Gasteiger partial charge in [0.2, 0.25) is 0 Å². The molecule has 2 unspecified atom stereocenters. The molecule has 0 spiro atoms. The van der Waals surface area contributed by atoms with Gasteiger partial charge >= 0.3 is 0 Å². The zero-order chi connectivity index (χ0) is 12.1. The van der Waals surface area contributed by atoms with E-state index in [-0.39, 0.29) is 11.3 Å². The van der Waals surface area contributed by atoms with Gasteiger partial charge in [0.05, 0.1) is 12.0 Å². The Morgan fingerprint density at radius 2 is 2.29 bits per heavy atom. The lowest BCUT2D eigenvalue weighted by molar-refractivity contribution is 0.530. The minimum atomic E-state index is 0.0826. The van der Waals surface area contributed by atoms with Crippen LogP contribution in [0.5, 0.6) is 0 Å². The Bertz CT molecular complexity index is 428.